The van der Waals surface area contributed by atoms with E-state index in [1.165, 1.54) is 0 Å². The number of halogens is 1. The average molecular weight is 145 g/mol. The van der Waals surface area contributed by atoms with E-state index in [0.29, 0.717) is 6.54 Å². The summed E-state index contributed by atoms with van der Waals surface area (Å²) in [5, 5.41) is 11.1. The molecule has 3 nitrogen and oxygen atoms in total. The number of aliphatic carboxylic acids is 1. The van der Waals surface area contributed by atoms with Crippen LogP contribution in [-0.2, 0) is 4.79 Å². The van der Waals surface area contributed by atoms with Gasteiger partial charge in [0, 0.05) is 19.5 Å². The third kappa shape index (κ3) is 1.33. The van der Waals surface area contributed by atoms with E-state index in [0.717, 1.165) is 0 Å². The molecular formula is C6H8FNO2. The Morgan fingerprint density at radius 3 is 2.80 bits per heavy atom. The Balaban J connectivity index is 2.78. The van der Waals surface area contributed by atoms with Gasteiger partial charge in [-0.1, -0.05) is 0 Å². The van der Waals surface area contributed by atoms with Crippen LogP contribution in [0.3, 0.4) is 0 Å². The lowest BCUT2D eigenvalue weighted by molar-refractivity contribution is -0.132. The summed E-state index contributed by atoms with van der Waals surface area (Å²) in [6.07, 6.45) is 0.196. The van der Waals surface area contributed by atoms with Crippen LogP contribution in [0, 0.1) is 0 Å². The summed E-state index contributed by atoms with van der Waals surface area (Å²) in [6, 6.07) is 0. The summed E-state index contributed by atoms with van der Waals surface area (Å²) in [5.74, 6) is -1.66. The lowest BCUT2D eigenvalue weighted by Crippen LogP contribution is -2.27. The first-order valence-electron chi connectivity index (χ1n) is 3.03. The van der Waals surface area contributed by atoms with Gasteiger partial charge in [-0.15, -0.1) is 0 Å². The molecule has 0 bridgehead atoms. The fraction of sp³-hybridized carbons (Fsp3) is 0.500. The minimum absolute atomic E-state index is 0.133. The minimum atomic E-state index is -1.16. The van der Waals surface area contributed by atoms with Crippen LogP contribution in [0.2, 0.25) is 0 Å². The topological polar surface area (TPSA) is 49.3 Å². The number of nitrogens with one attached hydrogen (secondary N) is 1. The lowest BCUT2D eigenvalue weighted by atomic mass is 10.1. The van der Waals surface area contributed by atoms with E-state index in [2.05, 4.69) is 5.32 Å². The number of hydrogen-bond donors (Lipinski definition) is 2. The summed E-state index contributed by atoms with van der Waals surface area (Å²) < 4.78 is 12.6. The Morgan fingerprint density at radius 1 is 1.70 bits per heavy atom. The first-order valence-corrected chi connectivity index (χ1v) is 3.03. The van der Waals surface area contributed by atoms with Crippen molar-refractivity contribution in [1.82, 2.24) is 5.32 Å². The van der Waals surface area contributed by atoms with Gasteiger partial charge in [-0.2, -0.15) is 0 Å². The van der Waals surface area contributed by atoms with Crippen molar-refractivity contribution in [1.29, 1.82) is 0 Å². The normalized spacial score (nSPS) is 19.3. The number of carboxylic acid groups (broad SMARTS) is 1. The number of carbonyl (C=O) groups is 1. The van der Waals surface area contributed by atoms with E-state index in [1.54, 1.807) is 0 Å². The Morgan fingerprint density at radius 2 is 2.40 bits per heavy atom. The monoisotopic (exact) mass is 145 g/mol. The maximum absolute atomic E-state index is 12.6. The molecule has 0 unspecified atom stereocenters. The van der Waals surface area contributed by atoms with Crippen molar-refractivity contribution < 1.29 is 14.3 Å². The van der Waals surface area contributed by atoms with Crippen LogP contribution >= 0.6 is 0 Å². The Kier molecular flexibility index (Phi) is 2.01. The molecule has 1 rings (SSSR count). The van der Waals surface area contributed by atoms with Crippen molar-refractivity contribution in [3.05, 3.63) is 11.4 Å². The fourth-order valence-electron chi connectivity index (χ4n) is 0.850. The van der Waals surface area contributed by atoms with E-state index in [4.69, 9.17) is 5.11 Å². The molecule has 1 heterocycles. The highest BCUT2D eigenvalue weighted by atomic mass is 19.1. The van der Waals surface area contributed by atoms with Gasteiger partial charge in [0.1, 0.15) is 5.83 Å². The molecule has 1 aliphatic rings. The van der Waals surface area contributed by atoms with Gasteiger partial charge in [0.05, 0.1) is 5.57 Å². The van der Waals surface area contributed by atoms with Gasteiger partial charge < -0.3 is 10.4 Å². The van der Waals surface area contributed by atoms with Gasteiger partial charge in [-0.25, -0.2) is 9.18 Å². The van der Waals surface area contributed by atoms with Crippen molar-refractivity contribution in [2.24, 2.45) is 0 Å². The van der Waals surface area contributed by atoms with Gasteiger partial charge in [0.15, 0.2) is 0 Å². The molecule has 2 N–H and O–H groups in total. The van der Waals surface area contributed by atoms with E-state index in [1.807, 2.05) is 0 Å². The van der Waals surface area contributed by atoms with Crippen LogP contribution < -0.4 is 5.32 Å². The van der Waals surface area contributed by atoms with E-state index >= 15 is 0 Å². The smallest absolute Gasteiger partial charge is 0.335 e. The highest BCUT2D eigenvalue weighted by molar-refractivity contribution is 5.87. The molecule has 0 spiro atoms. The molecule has 0 fully saturated rings. The second-order valence-electron chi connectivity index (χ2n) is 2.12. The molecule has 0 radical (unpaired) electrons. The molecule has 0 aromatic rings. The number of rotatable bonds is 1. The van der Waals surface area contributed by atoms with Crippen molar-refractivity contribution in [2.75, 3.05) is 13.1 Å². The molecule has 0 aromatic heterocycles. The van der Waals surface area contributed by atoms with Crippen LogP contribution in [0.5, 0.6) is 0 Å². The molecule has 10 heavy (non-hydrogen) atoms. The lowest BCUT2D eigenvalue weighted by Gasteiger charge is -2.11. The second-order valence-corrected chi connectivity index (χ2v) is 2.12. The molecule has 4 heteroatoms. The molecule has 0 aliphatic carbocycles. The Hall–Kier alpha value is -0.900. The van der Waals surface area contributed by atoms with E-state index in [9.17, 15) is 9.18 Å². The third-order valence-electron chi connectivity index (χ3n) is 1.41. The fourth-order valence-corrected chi connectivity index (χ4v) is 0.850. The zero-order valence-corrected chi connectivity index (χ0v) is 5.35. The maximum Gasteiger partial charge on any atom is 0.335 e. The van der Waals surface area contributed by atoms with Crippen molar-refractivity contribution in [2.45, 2.75) is 6.42 Å². The molecule has 0 atom stereocenters. The zero-order chi connectivity index (χ0) is 7.56. The number of hydrogen-bond acceptors (Lipinski definition) is 2. The van der Waals surface area contributed by atoms with E-state index < -0.39 is 11.8 Å². The second kappa shape index (κ2) is 2.79. The van der Waals surface area contributed by atoms with Crippen LogP contribution in [-0.4, -0.2) is 24.2 Å². The third-order valence-corrected chi connectivity index (χ3v) is 1.41. The summed E-state index contributed by atoms with van der Waals surface area (Å²) in [6.45, 7) is 0.670. The molecule has 0 saturated carbocycles. The SMILES string of the molecule is O=C(O)C1=C(F)CCNC1. The Labute approximate surface area is 57.5 Å². The summed E-state index contributed by atoms with van der Waals surface area (Å²) >= 11 is 0. The minimum Gasteiger partial charge on any atom is -0.478 e. The highest BCUT2D eigenvalue weighted by Crippen LogP contribution is 2.12. The van der Waals surface area contributed by atoms with Crippen LogP contribution in [0.1, 0.15) is 6.42 Å². The molecule has 0 saturated heterocycles. The van der Waals surface area contributed by atoms with Gasteiger partial charge in [-0.3, -0.25) is 0 Å². The van der Waals surface area contributed by atoms with Gasteiger partial charge >= 0.3 is 5.97 Å². The summed E-state index contributed by atoms with van der Waals surface area (Å²) in [5.41, 5.74) is -0.133. The van der Waals surface area contributed by atoms with Gasteiger partial charge in [-0.05, 0) is 0 Å². The highest BCUT2D eigenvalue weighted by Gasteiger charge is 2.17. The largest absolute Gasteiger partial charge is 0.478 e. The molecule has 0 amide bonds. The zero-order valence-electron chi connectivity index (χ0n) is 5.35. The summed E-state index contributed by atoms with van der Waals surface area (Å²) in [4.78, 5) is 10.2. The molecule has 0 aromatic carbocycles. The van der Waals surface area contributed by atoms with Gasteiger partial charge in [0.2, 0.25) is 0 Å². The molecular weight excluding hydrogens is 137 g/mol. The average Bonchev–Trinajstić information content (AvgIpc) is 1.88. The van der Waals surface area contributed by atoms with Crippen molar-refractivity contribution in [3.63, 3.8) is 0 Å². The van der Waals surface area contributed by atoms with Crippen LogP contribution in [0.25, 0.3) is 0 Å². The van der Waals surface area contributed by atoms with Crippen molar-refractivity contribution in [3.8, 4) is 0 Å². The van der Waals surface area contributed by atoms with Crippen LogP contribution in [0.15, 0.2) is 11.4 Å². The summed E-state index contributed by atoms with van der Waals surface area (Å²) in [7, 11) is 0. The number of carboxylic acids is 1. The first-order chi connectivity index (χ1) is 4.72. The predicted molar refractivity (Wildman–Crippen MR) is 33.3 cm³/mol. The first kappa shape index (κ1) is 7.21. The molecule has 1 aliphatic heterocycles. The standard InChI is InChI=1S/C6H8FNO2/c7-5-1-2-8-3-4(5)6(9)10/h8H,1-3H2,(H,9,10). The van der Waals surface area contributed by atoms with E-state index in [-0.39, 0.29) is 18.5 Å². The maximum atomic E-state index is 12.6. The van der Waals surface area contributed by atoms with Crippen molar-refractivity contribution >= 4 is 5.97 Å². The Bertz CT molecular complexity index is 188. The van der Waals surface area contributed by atoms with Gasteiger partial charge in [0.25, 0.3) is 0 Å². The predicted octanol–water partition coefficient (Wildman–Crippen LogP) is 0.288. The van der Waals surface area contributed by atoms with Crippen LogP contribution in [0.4, 0.5) is 4.39 Å². The quantitative estimate of drug-likeness (QED) is 0.557. The molecule has 56 valence electrons.